The summed E-state index contributed by atoms with van der Waals surface area (Å²) < 4.78 is 5.65. The fraction of sp³-hybridized carbons (Fsp3) is 0.467. The summed E-state index contributed by atoms with van der Waals surface area (Å²) in [5.74, 6) is 1.60. The minimum Gasteiger partial charge on any atom is -0.376 e. The number of anilines is 2. The van der Waals surface area contributed by atoms with Crippen LogP contribution in [0.5, 0.6) is 0 Å². The number of hydrogen-bond acceptors (Lipinski definition) is 5. The number of ether oxygens (including phenoxy) is 1. The first kappa shape index (κ1) is 13.1. The Bertz CT molecular complexity index is 593. The smallest absolute Gasteiger partial charge is 0.227 e. The van der Waals surface area contributed by atoms with Gasteiger partial charge < -0.3 is 15.0 Å². The van der Waals surface area contributed by atoms with Gasteiger partial charge in [-0.1, -0.05) is 12.1 Å². The van der Waals surface area contributed by atoms with E-state index in [4.69, 9.17) is 4.74 Å². The second-order valence-corrected chi connectivity index (χ2v) is 5.30. The molecule has 1 aromatic heterocycles. The lowest BCUT2D eigenvalue weighted by atomic mass is 10.2. The number of fused-ring (bicyclic) bond motifs is 1. The molecule has 5 nitrogen and oxygen atoms in total. The maximum Gasteiger partial charge on any atom is 0.227 e. The maximum absolute atomic E-state index is 5.65. The van der Waals surface area contributed by atoms with Gasteiger partial charge in [-0.2, -0.15) is 4.98 Å². The number of hydrogen-bond donors (Lipinski definition) is 1. The molecule has 2 heterocycles. The molecule has 0 spiro atoms. The molecule has 0 saturated carbocycles. The summed E-state index contributed by atoms with van der Waals surface area (Å²) in [4.78, 5) is 11.1. The first-order valence-electron chi connectivity index (χ1n) is 7.03. The molecule has 0 amide bonds. The molecule has 0 aliphatic carbocycles. The van der Waals surface area contributed by atoms with Crippen molar-refractivity contribution in [3.8, 4) is 0 Å². The van der Waals surface area contributed by atoms with Crippen molar-refractivity contribution in [1.29, 1.82) is 0 Å². The van der Waals surface area contributed by atoms with Crippen molar-refractivity contribution in [1.82, 2.24) is 9.97 Å². The fourth-order valence-corrected chi connectivity index (χ4v) is 2.41. The molecule has 20 heavy (non-hydrogen) atoms. The summed E-state index contributed by atoms with van der Waals surface area (Å²) >= 11 is 0. The third-order valence-corrected chi connectivity index (χ3v) is 3.51. The molecular formula is C15H20N4O. The van der Waals surface area contributed by atoms with Crippen LogP contribution in [0, 0.1) is 0 Å². The minimum absolute atomic E-state index is 0.298. The minimum atomic E-state index is 0.298. The summed E-state index contributed by atoms with van der Waals surface area (Å²) in [6.45, 7) is 1.67. The van der Waals surface area contributed by atoms with E-state index in [1.807, 2.05) is 43.3 Å². The SMILES string of the molecule is CN(C)c1nc(NCC2CCCO2)c2ccccc2n1. The molecule has 106 valence electrons. The van der Waals surface area contributed by atoms with Gasteiger partial charge >= 0.3 is 0 Å². The number of rotatable bonds is 4. The van der Waals surface area contributed by atoms with Gasteiger partial charge in [0, 0.05) is 32.6 Å². The highest BCUT2D eigenvalue weighted by atomic mass is 16.5. The predicted molar refractivity (Wildman–Crippen MR) is 81.3 cm³/mol. The highest BCUT2D eigenvalue weighted by molar-refractivity contribution is 5.90. The molecule has 1 unspecified atom stereocenters. The molecule has 1 saturated heterocycles. The van der Waals surface area contributed by atoms with E-state index in [2.05, 4.69) is 15.3 Å². The van der Waals surface area contributed by atoms with Gasteiger partial charge in [-0.15, -0.1) is 0 Å². The Balaban J connectivity index is 1.90. The molecule has 0 bridgehead atoms. The number of para-hydroxylation sites is 1. The zero-order valence-corrected chi connectivity index (χ0v) is 12.0. The van der Waals surface area contributed by atoms with E-state index in [9.17, 15) is 0 Å². The van der Waals surface area contributed by atoms with E-state index < -0.39 is 0 Å². The first-order valence-corrected chi connectivity index (χ1v) is 7.03. The van der Waals surface area contributed by atoms with E-state index in [1.54, 1.807) is 0 Å². The highest BCUT2D eigenvalue weighted by Crippen LogP contribution is 2.23. The van der Waals surface area contributed by atoms with Crippen molar-refractivity contribution in [3.63, 3.8) is 0 Å². The van der Waals surface area contributed by atoms with Gasteiger partial charge in [-0.05, 0) is 25.0 Å². The average molecular weight is 272 g/mol. The lowest BCUT2D eigenvalue weighted by molar-refractivity contribution is 0.120. The molecule has 3 rings (SSSR count). The van der Waals surface area contributed by atoms with Gasteiger partial charge in [0.1, 0.15) is 5.82 Å². The van der Waals surface area contributed by atoms with Gasteiger partial charge in [-0.25, -0.2) is 4.98 Å². The van der Waals surface area contributed by atoms with Gasteiger partial charge in [0.25, 0.3) is 0 Å². The Morgan fingerprint density at radius 3 is 2.90 bits per heavy atom. The number of benzene rings is 1. The number of aromatic nitrogens is 2. The van der Waals surface area contributed by atoms with Crippen molar-refractivity contribution in [2.24, 2.45) is 0 Å². The van der Waals surface area contributed by atoms with Crippen molar-refractivity contribution in [2.45, 2.75) is 18.9 Å². The summed E-state index contributed by atoms with van der Waals surface area (Å²) in [5.41, 5.74) is 0.959. The standard InChI is InChI=1S/C15H20N4O/c1-19(2)15-17-13-8-4-3-7-12(13)14(18-15)16-10-11-6-5-9-20-11/h3-4,7-8,11H,5-6,9-10H2,1-2H3,(H,16,17,18). The molecule has 1 N–H and O–H groups in total. The summed E-state index contributed by atoms with van der Waals surface area (Å²) in [6.07, 6.45) is 2.57. The van der Waals surface area contributed by atoms with Gasteiger partial charge in [0.2, 0.25) is 5.95 Å². The van der Waals surface area contributed by atoms with E-state index in [-0.39, 0.29) is 0 Å². The van der Waals surface area contributed by atoms with Crippen LogP contribution in [0.25, 0.3) is 10.9 Å². The van der Waals surface area contributed by atoms with Crippen LogP contribution in [-0.4, -0.2) is 43.3 Å². The largest absolute Gasteiger partial charge is 0.376 e. The summed E-state index contributed by atoms with van der Waals surface area (Å²) in [6, 6.07) is 8.07. The fourth-order valence-electron chi connectivity index (χ4n) is 2.41. The molecule has 2 aromatic rings. The van der Waals surface area contributed by atoms with Crippen molar-refractivity contribution in [2.75, 3.05) is 37.5 Å². The Kier molecular flexibility index (Phi) is 3.69. The molecule has 1 aliphatic rings. The zero-order valence-electron chi connectivity index (χ0n) is 12.0. The zero-order chi connectivity index (χ0) is 13.9. The topological polar surface area (TPSA) is 50.3 Å². The van der Waals surface area contributed by atoms with Crippen LogP contribution >= 0.6 is 0 Å². The lowest BCUT2D eigenvalue weighted by Gasteiger charge is -2.16. The van der Waals surface area contributed by atoms with Crippen LogP contribution in [0.1, 0.15) is 12.8 Å². The molecule has 5 heteroatoms. The van der Waals surface area contributed by atoms with Gasteiger partial charge in [0.05, 0.1) is 11.6 Å². The third-order valence-electron chi connectivity index (χ3n) is 3.51. The van der Waals surface area contributed by atoms with Crippen molar-refractivity contribution in [3.05, 3.63) is 24.3 Å². The predicted octanol–water partition coefficient (Wildman–Crippen LogP) is 2.29. The molecule has 1 aliphatic heterocycles. The van der Waals surface area contributed by atoms with Crippen LogP contribution in [0.3, 0.4) is 0 Å². The van der Waals surface area contributed by atoms with E-state index in [1.165, 1.54) is 0 Å². The van der Waals surface area contributed by atoms with Crippen LogP contribution in [0.4, 0.5) is 11.8 Å². The van der Waals surface area contributed by atoms with E-state index >= 15 is 0 Å². The highest BCUT2D eigenvalue weighted by Gasteiger charge is 2.16. The number of nitrogens with zero attached hydrogens (tertiary/aromatic N) is 3. The van der Waals surface area contributed by atoms with Crippen molar-refractivity contribution >= 4 is 22.7 Å². The Hall–Kier alpha value is -1.88. The van der Waals surface area contributed by atoms with Gasteiger partial charge in [-0.3, -0.25) is 0 Å². The Labute approximate surface area is 119 Å². The molecular weight excluding hydrogens is 252 g/mol. The number of nitrogens with one attached hydrogen (secondary N) is 1. The second-order valence-electron chi connectivity index (χ2n) is 5.30. The van der Waals surface area contributed by atoms with E-state index in [0.717, 1.165) is 48.7 Å². The van der Waals surface area contributed by atoms with Gasteiger partial charge in [0.15, 0.2) is 0 Å². The van der Waals surface area contributed by atoms with Crippen LogP contribution in [-0.2, 0) is 4.74 Å². The molecule has 1 fully saturated rings. The first-order chi connectivity index (χ1) is 9.74. The third kappa shape index (κ3) is 2.67. The second kappa shape index (κ2) is 5.63. The van der Waals surface area contributed by atoms with Crippen LogP contribution in [0.2, 0.25) is 0 Å². The van der Waals surface area contributed by atoms with Crippen molar-refractivity contribution < 1.29 is 4.74 Å². The quantitative estimate of drug-likeness (QED) is 0.925. The van der Waals surface area contributed by atoms with Crippen LogP contribution < -0.4 is 10.2 Å². The van der Waals surface area contributed by atoms with Crippen LogP contribution in [0.15, 0.2) is 24.3 Å². The summed E-state index contributed by atoms with van der Waals surface area (Å²) in [5, 5.41) is 4.47. The average Bonchev–Trinajstić information content (AvgIpc) is 2.97. The Morgan fingerprint density at radius 2 is 2.15 bits per heavy atom. The normalized spacial score (nSPS) is 18.4. The molecule has 0 radical (unpaired) electrons. The molecule has 1 aromatic carbocycles. The summed E-state index contributed by atoms with van der Waals surface area (Å²) in [7, 11) is 3.90. The lowest BCUT2D eigenvalue weighted by Crippen LogP contribution is -2.20. The maximum atomic E-state index is 5.65. The molecule has 1 atom stereocenters. The monoisotopic (exact) mass is 272 g/mol. The van der Waals surface area contributed by atoms with E-state index in [0.29, 0.717) is 6.10 Å². The Morgan fingerprint density at radius 1 is 1.30 bits per heavy atom.